The molecule has 0 fully saturated rings. The van der Waals surface area contributed by atoms with E-state index in [1.807, 2.05) is 41.8 Å². The molecule has 8 nitrogen and oxygen atoms in total. The van der Waals surface area contributed by atoms with Crippen molar-refractivity contribution in [1.29, 1.82) is 0 Å². The number of hydrogen-bond donors (Lipinski definition) is 0. The summed E-state index contributed by atoms with van der Waals surface area (Å²) in [6.45, 7) is 0. The fourth-order valence-corrected chi connectivity index (χ4v) is 4.15. The fourth-order valence-electron chi connectivity index (χ4n) is 3.37. The van der Waals surface area contributed by atoms with Gasteiger partial charge in [-0.25, -0.2) is 9.78 Å². The Hall–Kier alpha value is -3.98. The van der Waals surface area contributed by atoms with Gasteiger partial charge in [-0.2, -0.15) is 4.98 Å². The summed E-state index contributed by atoms with van der Waals surface area (Å²) in [5, 5.41) is 7.36. The summed E-state index contributed by atoms with van der Waals surface area (Å²) in [5.41, 5.74) is 1.60. The second kappa shape index (κ2) is 8.27. The Labute approximate surface area is 186 Å². The van der Waals surface area contributed by atoms with Crippen molar-refractivity contribution < 1.29 is 18.4 Å². The van der Waals surface area contributed by atoms with Gasteiger partial charge in [-0.05, 0) is 24.3 Å². The van der Waals surface area contributed by atoms with Crippen LogP contribution in [-0.4, -0.2) is 29.3 Å². The largest absolute Gasteiger partial charge is 0.496 e. The maximum Gasteiger partial charge on any atom is 0.345 e. The third kappa shape index (κ3) is 3.63. The van der Waals surface area contributed by atoms with E-state index in [1.54, 1.807) is 19.2 Å². The third-order valence-electron chi connectivity index (χ3n) is 4.89. The van der Waals surface area contributed by atoms with E-state index >= 15 is 0 Å². The Morgan fingerprint density at radius 1 is 0.969 bits per heavy atom. The number of nitrogens with zero attached hydrogens (tertiary/aromatic N) is 3. The molecule has 160 valence electrons. The summed E-state index contributed by atoms with van der Waals surface area (Å²) < 4.78 is 21.5. The van der Waals surface area contributed by atoms with Crippen molar-refractivity contribution in [2.75, 3.05) is 14.2 Å². The normalized spacial score (nSPS) is 11.1. The van der Waals surface area contributed by atoms with Crippen LogP contribution in [0.3, 0.4) is 0 Å². The zero-order valence-electron chi connectivity index (χ0n) is 17.2. The van der Waals surface area contributed by atoms with Crippen LogP contribution in [0.4, 0.5) is 0 Å². The van der Waals surface area contributed by atoms with E-state index in [0.717, 1.165) is 16.0 Å². The Kier molecular flexibility index (Phi) is 5.16. The molecule has 0 N–H and O–H groups in total. The molecule has 3 heterocycles. The molecule has 0 saturated heterocycles. The lowest BCUT2D eigenvalue weighted by atomic mass is 10.1. The topological polar surface area (TPSA) is 100 Å². The third-order valence-corrected chi connectivity index (χ3v) is 5.74. The number of benzene rings is 2. The molecule has 0 aliphatic carbocycles. The Morgan fingerprint density at radius 3 is 2.62 bits per heavy atom. The lowest BCUT2D eigenvalue weighted by Crippen LogP contribution is -2.03. The van der Waals surface area contributed by atoms with E-state index < -0.39 is 5.63 Å². The number of para-hydroxylation sites is 2. The molecule has 0 spiro atoms. The highest BCUT2D eigenvalue weighted by molar-refractivity contribution is 7.10. The molecule has 0 amide bonds. The van der Waals surface area contributed by atoms with E-state index in [0.29, 0.717) is 46.5 Å². The molecule has 0 aliphatic heterocycles. The Bertz CT molecular complexity index is 1470. The van der Waals surface area contributed by atoms with Crippen LogP contribution in [0.25, 0.3) is 33.6 Å². The van der Waals surface area contributed by atoms with Gasteiger partial charge in [0.1, 0.15) is 10.8 Å². The van der Waals surface area contributed by atoms with Crippen molar-refractivity contribution >= 4 is 22.3 Å². The van der Waals surface area contributed by atoms with E-state index in [4.69, 9.17) is 18.4 Å². The predicted octanol–water partition coefficient (Wildman–Crippen LogP) is 4.57. The molecular weight excluding hydrogens is 430 g/mol. The molecule has 0 bridgehead atoms. The minimum absolute atomic E-state index is 0.347. The molecule has 32 heavy (non-hydrogen) atoms. The second-order valence-corrected chi connectivity index (χ2v) is 7.78. The molecule has 3 aromatic heterocycles. The van der Waals surface area contributed by atoms with Crippen LogP contribution in [0.1, 0.15) is 10.9 Å². The number of thiazole rings is 1. The summed E-state index contributed by atoms with van der Waals surface area (Å²) in [4.78, 5) is 21.6. The molecular formula is C23H17N3O5S. The number of aromatic nitrogens is 3. The maximum absolute atomic E-state index is 12.6. The first-order valence-corrected chi connectivity index (χ1v) is 10.6. The van der Waals surface area contributed by atoms with Crippen molar-refractivity contribution in [3.63, 3.8) is 0 Å². The molecule has 0 saturated carbocycles. The lowest BCUT2D eigenvalue weighted by Gasteiger charge is -2.04. The summed E-state index contributed by atoms with van der Waals surface area (Å²) in [6, 6.07) is 14.7. The summed E-state index contributed by atoms with van der Waals surface area (Å²) in [5.74, 6) is 2.03. The van der Waals surface area contributed by atoms with Crippen LogP contribution in [0, 0.1) is 0 Å². The molecule has 5 aromatic rings. The van der Waals surface area contributed by atoms with Gasteiger partial charge in [0.25, 0.3) is 0 Å². The average molecular weight is 447 g/mol. The molecule has 0 unspecified atom stereocenters. The lowest BCUT2D eigenvalue weighted by molar-refractivity contribution is 0.384. The standard InChI is InChI=1S/C23H17N3O5S/c1-28-17-8-4-3-7-14(17)22-25-19(31-26-22)11-20-24-16(12-32-20)15-10-13-6-5-9-18(29-2)21(13)30-23(15)27/h3-10,12H,11H2,1-2H3. The predicted molar refractivity (Wildman–Crippen MR) is 119 cm³/mol. The van der Waals surface area contributed by atoms with Gasteiger partial charge in [0.05, 0.1) is 37.5 Å². The van der Waals surface area contributed by atoms with Crippen molar-refractivity contribution in [2.24, 2.45) is 0 Å². The van der Waals surface area contributed by atoms with Gasteiger partial charge in [0.2, 0.25) is 11.7 Å². The molecule has 0 atom stereocenters. The highest BCUT2D eigenvalue weighted by Crippen LogP contribution is 2.30. The van der Waals surface area contributed by atoms with Crippen LogP contribution < -0.4 is 15.1 Å². The second-order valence-electron chi connectivity index (χ2n) is 6.84. The van der Waals surface area contributed by atoms with Gasteiger partial charge in [0.15, 0.2) is 11.3 Å². The van der Waals surface area contributed by atoms with E-state index in [1.165, 1.54) is 18.4 Å². The average Bonchev–Trinajstić information content (AvgIpc) is 3.48. The highest BCUT2D eigenvalue weighted by atomic mass is 32.1. The maximum atomic E-state index is 12.6. The minimum atomic E-state index is -0.477. The first-order chi connectivity index (χ1) is 15.7. The summed E-state index contributed by atoms with van der Waals surface area (Å²) in [7, 11) is 3.13. The van der Waals surface area contributed by atoms with Gasteiger partial charge in [0, 0.05) is 10.8 Å². The van der Waals surface area contributed by atoms with Crippen LogP contribution in [0.5, 0.6) is 11.5 Å². The van der Waals surface area contributed by atoms with E-state index in [2.05, 4.69) is 15.1 Å². The van der Waals surface area contributed by atoms with Crippen molar-refractivity contribution in [3.8, 4) is 34.1 Å². The zero-order valence-corrected chi connectivity index (χ0v) is 18.0. The van der Waals surface area contributed by atoms with Crippen molar-refractivity contribution in [3.05, 3.63) is 75.2 Å². The quantitative estimate of drug-likeness (QED) is 0.349. The zero-order chi connectivity index (χ0) is 22.1. The van der Waals surface area contributed by atoms with Gasteiger partial charge >= 0.3 is 5.63 Å². The van der Waals surface area contributed by atoms with Gasteiger partial charge in [-0.15, -0.1) is 11.3 Å². The van der Waals surface area contributed by atoms with E-state index in [-0.39, 0.29) is 0 Å². The molecule has 9 heteroatoms. The monoisotopic (exact) mass is 447 g/mol. The molecule has 0 aliphatic rings. The van der Waals surface area contributed by atoms with Crippen molar-refractivity contribution in [2.45, 2.75) is 6.42 Å². The first-order valence-electron chi connectivity index (χ1n) is 9.68. The Balaban J connectivity index is 1.42. The van der Waals surface area contributed by atoms with Gasteiger partial charge in [-0.3, -0.25) is 0 Å². The van der Waals surface area contributed by atoms with Crippen LogP contribution in [0.15, 0.2) is 67.6 Å². The van der Waals surface area contributed by atoms with Crippen molar-refractivity contribution in [1.82, 2.24) is 15.1 Å². The number of rotatable bonds is 6. The first kappa shape index (κ1) is 20.0. The van der Waals surface area contributed by atoms with Gasteiger partial charge < -0.3 is 18.4 Å². The number of methoxy groups -OCH3 is 2. The van der Waals surface area contributed by atoms with Gasteiger partial charge in [-0.1, -0.05) is 29.4 Å². The molecule has 2 aromatic carbocycles. The SMILES string of the molecule is COc1ccccc1-c1noc(Cc2nc(-c3cc4cccc(OC)c4oc3=O)cs2)n1. The number of fused-ring (bicyclic) bond motifs is 1. The number of ether oxygens (including phenoxy) is 2. The van der Waals surface area contributed by atoms with E-state index in [9.17, 15) is 4.79 Å². The smallest absolute Gasteiger partial charge is 0.345 e. The highest BCUT2D eigenvalue weighted by Gasteiger charge is 2.17. The molecule has 5 rings (SSSR count). The fraction of sp³-hybridized carbons (Fsp3) is 0.130. The van der Waals surface area contributed by atoms with Crippen LogP contribution >= 0.6 is 11.3 Å². The van der Waals surface area contributed by atoms with Crippen LogP contribution in [-0.2, 0) is 6.42 Å². The Morgan fingerprint density at radius 2 is 1.78 bits per heavy atom. The minimum Gasteiger partial charge on any atom is -0.496 e. The summed E-state index contributed by atoms with van der Waals surface area (Å²) >= 11 is 1.40. The number of hydrogen-bond acceptors (Lipinski definition) is 9. The summed E-state index contributed by atoms with van der Waals surface area (Å²) in [6.07, 6.45) is 0.347. The molecule has 0 radical (unpaired) electrons. The van der Waals surface area contributed by atoms with Crippen LogP contribution in [0.2, 0.25) is 0 Å².